The van der Waals surface area contributed by atoms with Crippen LogP contribution in [0, 0.1) is 5.92 Å². The van der Waals surface area contributed by atoms with Crippen LogP contribution in [0.5, 0.6) is 0 Å². The Bertz CT molecular complexity index is 841. The molecule has 0 bridgehead atoms. The summed E-state index contributed by atoms with van der Waals surface area (Å²) in [4.78, 5) is 37.6. The average Bonchev–Trinajstić information content (AvgIpc) is 3.00. The molecule has 3 amide bonds. The summed E-state index contributed by atoms with van der Waals surface area (Å²) in [5.74, 6) is -0.665. The number of amidine groups is 1. The van der Waals surface area contributed by atoms with Crippen molar-refractivity contribution in [2.24, 2.45) is 11.0 Å². The summed E-state index contributed by atoms with van der Waals surface area (Å²) >= 11 is 4.54. The standard InChI is InChI=1S/C17H19BrN4O3S/c1-9(2)8-21-14-6-5-12(18)7-13(14)17(15(21)25)22(11(4)24)20-16(26-17)19-10(3)23/h5-7,9H,8H2,1-4H3,(H,19,20,23)/t17-/m0/s1. The molecule has 2 heterocycles. The lowest BCUT2D eigenvalue weighted by Crippen LogP contribution is -2.49. The minimum atomic E-state index is -1.34. The zero-order chi connectivity index (χ0) is 19.2. The predicted molar refractivity (Wildman–Crippen MR) is 104 cm³/mol. The highest BCUT2D eigenvalue weighted by molar-refractivity contribution is 9.10. The average molecular weight is 439 g/mol. The van der Waals surface area contributed by atoms with E-state index in [9.17, 15) is 14.4 Å². The lowest BCUT2D eigenvalue weighted by molar-refractivity contribution is -0.139. The third-order valence-electron chi connectivity index (χ3n) is 4.01. The lowest BCUT2D eigenvalue weighted by Gasteiger charge is -2.30. The molecule has 1 aromatic carbocycles. The molecule has 1 N–H and O–H groups in total. The van der Waals surface area contributed by atoms with E-state index in [1.54, 1.807) is 4.90 Å². The number of nitrogens with zero attached hydrogens (tertiary/aromatic N) is 3. The van der Waals surface area contributed by atoms with Gasteiger partial charge < -0.3 is 10.2 Å². The van der Waals surface area contributed by atoms with Crippen LogP contribution < -0.4 is 10.2 Å². The van der Waals surface area contributed by atoms with Gasteiger partial charge in [0, 0.05) is 30.4 Å². The zero-order valence-corrected chi connectivity index (χ0v) is 17.3. The largest absolute Gasteiger partial charge is 0.309 e. The number of anilines is 1. The van der Waals surface area contributed by atoms with Crippen LogP contribution in [0.4, 0.5) is 5.69 Å². The van der Waals surface area contributed by atoms with Gasteiger partial charge in [0.1, 0.15) is 0 Å². The SMILES string of the molecule is CC(=O)NC1=NN(C(C)=O)[C@@]2(S1)C(=O)N(CC(C)C)c1ccc(Br)cc12. The predicted octanol–water partition coefficient (Wildman–Crippen LogP) is 2.61. The second-order valence-corrected chi connectivity index (χ2v) is 8.73. The first-order valence-electron chi connectivity index (χ1n) is 8.14. The number of carbonyl (C=O) groups is 3. The van der Waals surface area contributed by atoms with Gasteiger partial charge in [-0.25, -0.2) is 0 Å². The summed E-state index contributed by atoms with van der Waals surface area (Å²) in [6.07, 6.45) is 0. The van der Waals surface area contributed by atoms with Gasteiger partial charge in [-0.05, 0) is 35.9 Å². The molecule has 138 valence electrons. The third-order valence-corrected chi connectivity index (χ3v) is 5.75. The second-order valence-electron chi connectivity index (χ2n) is 6.63. The Morgan fingerprint density at radius 1 is 1.35 bits per heavy atom. The van der Waals surface area contributed by atoms with Crippen molar-refractivity contribution in [1.82, 2.24) is 10.3 Å². The van der Waals surface area contributed by atoms with E-state index in [2.05, 4.69) is 26.3 Å². The van der Waals surface area contributed by atoms with E-state index in [1.165, 1.54) is 18.9 Å². The van der Waals surface area contributed by atoms with Crippen LogP contribution in [-0.2, 0) is 19.3 Å². The van der Waals surface area contributed by atoms with Crippen molar-refractivity contribution in [3.05, 3.63) is 28.2 Å². The van der Waals surface area contributed by atoms with Gasteiger partial charge in [-0.3, -0.25) is 14.4 Å². The fourth-order valence-corrected chi connectivity index (χ4v) is 4.82. The van der Waals surface area contributed by atoms with Crippen LogP contribution in [-0.4, -0.2) is 34.4 Å². The Morgan fingerprint density at radius 3 is 2.62 bits per heavy atom. The molecule has 0 aromatic heterocycles. The summed E-state index contributed by atoms with van der Waals surface area (Å²) in [5, 5.41) is 8.23. The van der Waals surface area contributed by atoms with Crippen molar-refractivity contribution < 1.29 is 14.4 Å². The molecule has 1 aromatic rings. The van der Waals surface area contributed by atoms with E-state index in [0.29, 0.717) is 12.1 Å². The van der Waals surface area contributed by atoms with Crippen LogP contribution in [0.3, 0.4) is 0 Å². The van der Waals surface area contributed by atoms with Gasteiger partial charge in [-0.2, -0.15) is 5.01 Å². The van der Waals surface area contributed by atoms with Crippen molar-refractivity contribution in [2.75, 3.05) is 11.4 Å². The van der Waals surface area contributed by atoms with E-state index < -0.39 is 4.87 Å². The van der Waals surface area contributed by atoms with E-state index in [-0.39, 0.29) is 28.8 Å². The van der Waals surface area contributed by atoms with Gasteiger partial charge in [-0.15, -0.1) is 5.10 Å². The molecule has 0 aliphatic carbocycles. The Kier molecular flexibility index (Phi) is 4.87. The maximum Gasteiger partial charge on any atom is 0.270 e. The van der Waals surface area contributed by atoms with Gasteiger partial charge in [0.15, 0.2) is 5.17 Å². The molecule has 0 saturated carbocycles. The minimum Gasteiger partial charge on any atom is -0.309 e. The molecule has 7 nitrogen and oxygen atoms in total. The summed E-state index contributed by atoms with van der Waals surface area (Å²) in [6.45, 7) is 7.30. The number of amides is 3. The fourth-order valence-electron chi connectivity index (χ4n) is 3.13. The fraction of sp³-hybridized carbons (Fsp3) is 0.412. The lowest BCUT2D eigenvalue weighted by atomic mass is 10.1. The van der Waals surface area contributed by atoms with Crippen LogP contribution in [0.15, 0.2) is 27.8 Å². The van der Waals surface area contributed by atoms with Gasteiger partial charge in [-0.1, -0.05) is 29.8 Å². The van der Waals surface area contributed by atoms with Crippen LogP contribution in [0.25, 0.3) is 0 Å². The Morgan fingerprint density at radius 2 is 2.04 bits per heavy atom. The van der Waals surface area contributed by atoms with Crippen molar-refractivity contribution in [1.29, 1.82) is 0 Å². The second kappa shape index (κ2) is 6.70. The molecule has 1 atom stereocenters. The molecule has 1 spiro atoms. The molecule has 2 aliphatic heterocycles. The molecular formula is C17H19BrN4O3S. The number of fused-ring (bicyclic) bond motifs is 2. The number of rotatable bonds is 2. The smallest absolute Gasteiger partial charge is 0.270 e. The summed E-state index contributed by atoms with van der Waals surface area (Å²) < 4.78 is 0.798. The van der Waals surface area contributed by atoms with Gasteiger partial charge in [0.05, 0.1) is 5.69 Å². The van der Waals surface area contributed by atoms with Gasteiger partial charge in [0.25, 0.3) is 5.91 Å². The minimum absolute atomic E-state index is 0.233. The first-order chi connectivity index (χ1) is 12.2. The normalized spacial score (nSPS) is 21.5. The van der Waals surface area contributed by atoms with Crippen molar-refractivity contribution in [2.45, 2.75) is 32.6 Å². The van der Waals surface area contributed by atoms with Crippen molar-refractivity contribution in [3.63, 3.8) is 0 Å². The maximum absolute atomic E-state index is 13.5. The number of hydrogen-bond acceptors (Lipinski definition) is 5. The number of benzene rings is 1. The first kappa shape index (κ1) is 18.9. The number of nitrogens with one attached hydrogen (secondary N) is 1. The van der Waals surface area contributed by atoms with Gasteiger partial charge in [0.2, 0.25) is 16.7 Å². The van der Waals surface area contributed by atoms with Crippen LogP contribution in [0.1, 0.15) is 33.3 Å². The number of carbonyl (C=O) groups excluding carboxylic acids is 3. The quantitative estimate of drug-likeness (QED) is 0.768. The number of hydrogen-bond donors (Lipinski definition) is 1. The van der Waals surface area contributed by atoms with Crippen molar-refractivity contribution in [3.8, 4) is 0 Å². The van der Waals surface area contributed by atoms with Gasteiger partial charge >= 0.3 is 0 Å². The summed E-state index contributed by atoms with van der Waals surface area (Å²) in [5.41, 5.74) is 1.44. The number of hydrazone groups is 1. The molecule has 9 heteroatoms. The highest BCUT2D eigenvalue weighted by Gasteiger charge is 2.61. The molecular weight excluding hydrogens is 420 g/mol. The van der Waals surface area contributed by atoms with E-state index in [1.807, 2.05) is 32.0 Å². The Balaban J connectivity index is 2.16. The molecule has 3 rings (SSSR count). The Labute approximate surface area is 164 Å². The number of halogens is 1. The summed E-state index contributed by atoms with van der Waals surface area (Å²) in [6, 6.07) is 5.57. The zero-order valence-electron chi connectivity index (χ0n) is 14.9. The molecule has 26 heavy (non-hydrogen) atoms. The highest BCUT2D eigenvalue weighted by Crippen LogP contribution is 2.55. The maximum atomic E-state index is 13.5. The molecule has 0 saturated heterocycles. The molecule has 2 aliphatic rings. The highest BCUT2D eigenvalue weighted by atomic mass is 79.9. The Hall–Kier alpha value is -1.87. The molecule has 0 unspecified atom stereocenters. The third kappa shape index (κ3) is 2.92. The first-order valence-corrected chi connectivity index (χ1v) is 9.75. The van der Waals surface area contributed by atoms with Crippen LogP contribution in [0.2, 0.25) is 0 Å². The van der Waals surface area contributed by atoms with Crippen molar-refractivity contribution >= 4 is 56.3 Å². The van der Waals surface area contributed by atoms with Crippen LogP contribution >= 0.6 is 27.7 Å². The monoisotopic (exact) mass is 438 g/mol. The molecule has 0 fully saturated rings. The topological polar surface area (TPSA) is 82.1 Å². The van der Waals surface area contributed by atoms with E-state index >= 15 is 0 Å². The number of thioether (sulfide) groups is 1. The van der Waals surface area contributed by atoms with E-state index in [0.717, 1.165) is 21.9 Å². The summed E-state index contributed by atoms with van der Waals surface area (Å²) in [7, 11) is 0. The molecule has 0 radical (unpaired) electrons. The van der Waals surface area contributed by atoms with E-state index in [4.69, 9.17) is 0 Å².